The first-order valence-corrected chi connectivity index (χ1v) is 16.4. The molecule has 44 heavy (non-hydrogen) atoms. The Labute approximate surface area is 301 Å². The zero-order valence-corrected chi connectivity index (χ0v) is 31.6. The molecule has 0 saturated carbocycles. The Bertz CT molecular complexity index is 1590. The smallest absolute Gasteiger partial charge is 1.00 e. The maximum Gasteiger partial charge on any atom is -1.00 e. The van der Waals surface area contributed by atoms with Crippen molar-refractivity contribution < 1.29 is 49.0 Å². The van der Waals surface area contributed by atoms with Crippen molar-refractivity contribution >= 4 is 26.4 Å². The van der Waals surface area contributed by atoms with Crippen LogP contribution in [0, 0.1) is 19.9 Å². The van der Waals surface area contributed by atoms with E-state index in [2.05, 4.69) is 108 Å². The normalized spacial score (nSPS) is 11.0. The molecular formula is C39H38Cl4Zr-2. The van der Waals surface area contributed by atoms with Gasteiger partial charge in [0.25, 0.3) is 0 Å². The van der Waals surface area contributed by atoms with Crippen molar-refractivity contribution in [2.75, 3.05) is 0 Å². The van der Waals surface area contributed by atoms with E-state index in [9.17, 15) is 0 Å². The monoisotopic (exact) mass is 736 g/mol. The summed E-state index contributed by atoms with van der Waals surface area (Å²) in [6, 6.07) is 37.1. The Balaban J connectivity index is 0.000000229. The first-order valence-electron chi connectivity index (χ1n) is 14.4. The van der Waals surface area contributed by atoms with Gasteiger partial charge < -0.3 is 24.8 Å². The summed E-state index contributed by atoms with van der Waals surface area (Å²) in [5.74, 6) is 0. The molecule has 0 unspecified atom stereocenters. The van der Waals surface area contributed by atoms with Gasteiger partial charge in [-0.1, -0.05) is 75.8 Å². The molecular weight excluding hydrogens is 701 g/mol. The first kappa shape index (κ1) is 38.3. The molecule has 0 saturated heterocycles. The number of hydrogen-bond acceptors (Lipinski definition) is 0. The summed E-state index contributed by atoms with van der Waals surface area (Å²) in [6.07, 6.45) is 2.20. The van der Waals surface area contributed by atoms with Crippen LogP contribution in [0.15, 0.2) is 97.1 Å². The predicted octanol–water partition coefficient (Wildman–Crippen LogP) is 5.06. The third kappa shape index (κ3) is 10.3. The predicted molar refractivity (Wildman–Crippen MR) is 179 cm³/mol. The molecule has 0 aliphatic heterocycles. The van der Waals surface area contributed by atoms with E-state index in [1.165, 1.54) is 71.9 Å². The SMILES string of the molecule is CCc1cc(C(C)(C)C)c[cH-]1.Cc1[c-]c2c(cc1)-c1ccc(C)cc1C2.Clc1cccc([C](=[Zr+2])c2cccc(Cl)c2)c1.[Cl-].[Cl-]. The van der Waals surface area contributed by atoms with Gasteiger partial charge in [0, 0.05) is 0 Å². The second kappa shape index (κ2) is 17.2. The fourth-order valence-corrected chi connectivity index (χ4v) is 6.15. The van der Waals surface area contributed by atoms with Gasteiger partial charge in [0.15, 0.2) is 0 Å². The van der Waals surface area contributed by atoms with Crippen molar-refractivity contribution in [3.8, 4) is 11.1 Å². The summed E-state index contributed by atoms with van der Waals surface area (Å²) in [5, 5.41) is 1.53. The molecule has 228 valence electrons. The molecule has 6 rings (SSSR count). The average molecular weight is 740 g/mol. The van der Waals surface area contributed by atoms with Crippen LogP contribution in [0.5, 0.6) is 0 Å². The summed E-state index contributed by atoms with van der Waals surface area (Å²) in [6.45, 7) is 13.2. The number of fused-ring (bicyclic) bond motifs is 3. The van der Waals surface area contributed by atoms with Gasteiger partial charge in [-0.3, -0.25) is 0 Å². The van der Waals surface area contributed by atoms with Crippen LogP contribution in [-0.2, 0) is 42.5 Å². The zero-order valence-electron chi connectivity index (χ0n) is 26.2. The minimum atomic E-state index is 0. The van der Waals surface area contributed by atoms with Gasteiger partial charge in [0.05, 0.1) is 0 Å². The van der Waals surface area contributed by atoms with E-state index in [4.69, 9.17) is 23.2 Å². The van der Waals surface area contributed by atoms with Crippen molar-refractivity contribution in [1.29, 1.82) is 0 Å². The topological polar surface area (TPSA) is 0 Å². The second-order valence-electron chi connectivity index (χ2n) is 11.9. The molecule has 1 aliphatic rings. The Kier molecular flexibility index (Phi) is 15.0. The van der Waals surface area contributed by atoms with E-state index in [1.807, 2.05) is 36.4 Å². The maximum atomic E-state index is 5.98. The van der Waals surface area contributed by atoms with Crippen molar-refractivity contribution in [3.05, 3.63) is 158 Å². The molecule has 0 radical (unpaired) electrons. The van der Waals surface area contributed by atoms with E-state index in [0.29, 0.717) is 5.41 Å². The van der Waals surface area contributed by atoms with Crippen LogP contribution in [0.4, 0.5) is 0 Å². The molecule has 0 aromatic heterocycles. The van der Waals surface area contributed by atoms with Crippen LogP contribution in [0.2, 0.25) is 10.0 Å². The zero-order chi connectivity index (χ0) is 30.4. The summed E-state index contributed by atoms with van der Waals surface area (Å²) < 4.78 is 1.26. The van der Waals surface area contributed by atoms with Gasteiger partial charge in [0.1, 0.15) is 0 Å². The number of halogens is 4. The standard InChI is InChI=1S/C15H13.C13H8Cl2.C11H17.2ClH.Zr/c1-10-3-5-14-12(7-10)9-13-8-11(2)4-6-15(13)14;14-12-5-1-3-10(8-12)7-11-4-2-6-13(15)9-11;1-5-9-6-7-10(8-9)11(2,3)4;;;/h3-7H,9H2,1-2H3;1-6,8-9H;6-8H,5H2,1-4H3;2*1H;/q-1;;-1;;;+2/p-2. The molecule has 0 N–H and O–H groups in total. The molecule has 0 amide bonds. The van der Waals surface area contributed by atoms with Gasteiger partial charge in [-0.25, -0.2) is 6.07 Å². The Morgan fingerprint density at radius 2 is 1.41 bits per heavy atom. The fraction of sp³-hybridized carbons (Fsp3) is 0.231. The van der Waals surface area contributed by atoms with Gasteiger partial charge in [0.2, 0.25) is 0 Å². The third-order valence-electron chi connectivity index (χ3n) is 7.41. The second-order valence-corrected chi connectivity index (χ2v) is 14.0. The molecule has 5 heteroatoms. The summed E-state index contributed by atoms with van der Waals surface area (Å²) >= 11 is 13.3. The first-order chi connectivity index (χ1) is 19.9. The molecule has 5 aromatic rings. The molecule has 0 atom stereocenters. The Morgan fingerprint density at radius 1 is 0.818 bits per heavy atom. The van der Waals surface area contributed by atoms with Crippen molar-refractivity contribution in [2.45, 2.75) is 59.8 Å². The molecule has 0 spiro atoms. The van der Waals surface area contributed by atoms with Crippen LogP contribution < -0.4 is 24.8 Å². The van der Waals surface area contributed by atoms with Gasteiger partial charge in [-0.05, 0) is 18.9 Å². The van der Waals surface area contributed by atoms with E-state index in [0.717, 1.165) is 34.0 Å². The van der Waals surface area contributed by atoms with Crippen molar-refractivity contribution in [2.24, 2.45) is 0 Å². The summed E-state index contributed by atoms with van der Waals surface area (Å²) in [7, 11) is 0. The number of aryl methyl sites for hydroxylation is 3. The quantitative estimate of drug-likeness (QED) is 0.223. The minimum Gasteiger partial charge on any atom is -1.00 e. The van der Waals surface area contributed by atoms with Gasteiger partial charge in [-0.15, -0.1) is 11.1 Å². The van der Waals surface area contributed by atoms with Crippen molar-refractivity contribution in [3.63, 3.8) is 0 Å². The third-order valence-corrected chi connectivity index (χ3v) is 9.30. The fourth-order valence-electron chi connectivity index (χ4n) is 5.00. The molecule has 0 bridgehead atoms. The Hall–Kier alpha value is -1.86. The maximum absolute atomic E-state index is 5.98. The molecule has 5 aromatic carbocycles. The van der Waals surface area contributed by atoms with Gasteiger partial charge in [-0.2, -0.15) is 47.0 Å². The van der Waals surface area contributed by atoms with Crippen molar-refractivity contribution in [1.82, 2.24) is 0 Å². The number of benzene rings is 4. The Morgan fingerprint density at radius 3 is 1.91 bits per heavy atom. The average Bonchev–Trinajstić information content (AvgIpc) is 3.58. The van der Waals surface area contributed by atoms with E-state index < -0.39 is 0 Å². The summed E-state index contributed by atoms with van der Waals surface area (Å²) in [5.41, 5.74) is 13.7. The van der Waals surface area contributed by atoms with E-state index in [1.54, 1.807) is 0 Å². The largest absolute Gasteiger partial charge is 1.00 e. The number of hydrogen-bond donors (Lipinski definition) is 0. The van der Waals surface area contributed by atoms with Gasteiger partial charge >= 0.3 is 120 Å². The molecule has 0 heterocycles. The molecule has 0 fully saturated rings. The van der Waals surface area contributed by atoms with Crippen LogP contribution in [0.3, 0.4) is 0 Å². The van der Waals surface area contributed by atoms with Crippen LogP contribution >= 0.6 is 23.2 Å². The van der Waals surface area contributed by atoms with Crippen LogP contribution in [0.25, 0.3) is 11.1 Å². The number of rotatable bonds is 3. The van der Waals surface area contributed by atoms with Crippen LogP contribution in [-0.4, -0.2) is 3.21 Å². The molecule has 1 aliphatic carbocycles. The van der Waals surface area contributed by atoms with E-state index >= 15 is 0 Å². The molecule has 0 nitrogen and oxygen atoms in total. The van der Waals surface area contributed by atoms with Crippen LogP contribution in [0.1, 0.15) is 72.2 Å². The van der Waals surface area contributed by atoms with E-state index in [-0.39, 0.29) is 24.8 Å². The summed E-state index contributed by atoms with van der Waals surface area (Å²) in [4.78, 5) is 0. The minimum absolute atomic E-state index is 0.